The van der Waals surface area contributed by atoms with Crippen molar-refractivity contribution in [1.82, 2.24) is 0 Å². The third-order valence-electron chi connectivity index (χ3n) is 4.05. The molecule has 2 heteroatoms. The fourth-order valence-corrected chi connectivity index (χ4v) is 2.56. The third kappa shape index (κ3) is 3.01. The van der Waals surface area contributed by atoms with Crippen LogP contribution in [0.4, 0.5) is 5.69 Å². The van der Waals surface area contributed by atoms with Gasteiger partial charge in [-0.15, -0.1) is 0 Å². The maximum Gasteiger partial charge on any atom is 0.0661 e. The Balaban J connectivity index is 2.06. The molecular weight excluding hydrogens is 210 g/mol. The lowest BCUT2D eigenvalue weighted by Gasteiger charge is -2.43. The fraction of sp³-hybridized carbons (Fsp3) is 0.600. The van der Waals surface area contributed by atoms with Crippen LogP contribution in [0.25, 0.3) is 0 Å². The van der Waals surface area contributed by atoms with Gasteiger partial charge in [-0.2, -0.15) is 0 Å². The van der Waals surface area contributed by atoms with Crippen molar-refractivity contribution in [2.45, 2.75) is 45.1 Å². The molecule has 0 heterocycles. The van der Waals surface area contributed by atoms with Gasteiger partial charge in [0, 0.05) is 5.69 Å². The van der Waals surface area contributed by atoms with Gasteiger partial charge < -0.3 is 10.4 Å². The second kappa shape index (κ2) is 4.69. The van der Waals surface area contributed by atoms with Crippen molar-refractivity contribution < 1.29 is 5.11 Å². The molecule has 0 bridgehead atoms. The monoisotopic (exact) mass is 233 g/mol. The van der Waals surface area contributed by atoms with Gasteiger partial charge in [0.2, 0.25) is 0 Å². The molecule has 1 aliphatic rings. The minimum Gasteiger partial charge on any atom is -0.394 e. The van der Waals surface area contributed by atoms with Crippen LogP contribution in [0, 0.1) is 5.41 Å². The summed E-state index contributed by atoms with van der Waals surface area (Å²) >= 11 is 0. The van der Waals surface area contributed by atoms with E-state index < -0.39 is 0 Å². The highest BCUT2D eigenvalue weighted by Gasteiger charge is 2.37. The number of hydrogen-bond donors (Lipinski definition) is 2. The second-order valence-electron chi connectivity index (χ2n) is 6.09. The van der Waals surface area contributed by atoms with Gasteiger partial charge in [-0.1, -0.05) is 32.0 Å². The molecule has 2 N–H and O–H groups in total. The first-order valence-corrected chi connectivity index (χ1v) is 6.49. The van der Waals surface area contributed by atoms with Crippen LogP contribution in [0.1, 0.15) is 39.5 Å². The zero-order valence-corrected chi connectivity index (χ0v) is 10.9. The van der Waals surface area contributed by atoms with E-state index in [0.29, 0.717) is 5.41 Å². The maximum absolute atomic E-state index is 9.71. The number of rotatable bonds is 3. The largest absolute Gasteiger partial charge is 0.394 e. The molecule has 0 saturated heterocycles. The molecule has 17 heavy (non-hydrogen) atoms. The predicted octanol–water partition coefficient (Wildman–Crippen LogP) is 3.43. The van der Waals surface area contributed by atoms with E-state index in [9.17, 15) is 5.11 Å². The fourth-order valence-electron chi connectivity index (χ4n) is 2.56. The molecule has 1 aromatic rings. The van der Waals surface area contributed by atoms with Gasteiger partial charge in [0.15, 0.2) is 0 Å². The quantitative estimate of drug-likeness (QED) is 0.838. The number of nitrogens with one attached hydrogen (secondary N) is 1. The van der Waals surface area contributed by atoms with Crippen LogP contribution >= 0.6 is 0 Å². The predicted molar refractivity (Wildman–Crippen MR) is 72.1 cm³/mol. The lowest BCUT2D eigenvalue weighted by Crippen LogP contribution is -2.46. The number of benzene rings is 1. The molecule has 0 aromatic heterocycles. The van der Waals surface area contributed by atoms with Crippen molar-refractivity contribution in [1.29, 1.82) is 0 Å². The van der Waals surface area contributed by atoms with Crippen LogP contribution in [0.2, 0.25) is 0 Å². The molecule has 0 spiro atoms. The molecule has 2 nitrogen and oxygen atoms in total. The highest BCUT2D eigenvalue weighted by atomic mass is 16.3. The molecule has 1 aliphatic carbocycles. The Hall–Kier alpha value is -1.02. The number of aliphatic hydroxyl groups excluding tert-OH is 1. The second-order valence-corrected chi connectivity index (χ2v) is 6.09. The van der Waals surface area contributed by atoms with E-state index in [1.165, 1.54) is 12.8 Å². The van der Waals surface area contributed by atoms with Crippen LogP contribution in [0.15, 0.2) is 30.3 Å². The molecule has 0 atom stereocenters. The summed E-state index contributed by atoms with van der Waals surface area (Å²) in [6.07, 6.45) is 4.44. The van der Waals surface area contributed by atoms with E-state index in [-0.39, 0.29) is 12.1 Å². The standard InChI is InChI=1S/C15H23NO/c1-14(2)8-10-15(12-17,11-9-14)16-13-6-4-3-5-7-13/h3-7,16-17H,8-12H2,1-2H3. The number of hydrogen-bond acceptors (Lipinski definition) is 2. The van der Waals surface area contributed by atoms with E-state index in [0.717, 1.165) is 18.5 Å². The van der Waals surface area contributed by atoms with Gasteiger partial charge in [-0.3, -0.25) is 0 Å². The average Bonchev–Trinajstić information content (AvgIpc) is 2.34. The van der Waals surface area contributed by atoms with Crippen molar-refractivity contribution >= 4 is 5.69 Å². The summed E-state index contributed by atoms with van der Waals surface area (Å²) in [5.74, 6) is 0. The minimum absolute atomic E-state index is 0.114. The molecule has 0 amide bonds. The molecule has 1 saturated carbocycles. The summed E-state index contributed by atoms with van der Waals surface area (Å²) in [5, 5.41) is 13.2. The first-order chi connectivity index (χ1) is 8.05. The molecule has 0 unspecified atom stereocenters. The summed E-state index contributed by atoms with van der Waals surface area (Å²) in [7, 11) is 0. The molecule has 0 aliphatic heterocycles. The van der Waals surface area contributed by atoms with Gasteiger partial charge in [-0.25, -0.2) is 0 Å². The Morgan fingerprint density at radius 3 is 2.18 bits per heavy atom. The molecule has 0 radical (unpaired) electrons. The van der Waals surface area contributed by atoms with Gasteiger partial charge >= 0.3 is 0 Å². The number of para-hydroxylation sites is 1. The highest BCUT2D eigenvalue weighted by Crippen LogP contribution is 2.41. The van der Waals surface area contributed by atoms with E-state index in [1.54, 1.807) is 0 Å². The minimum atomic E-state index is -0.114. The summed E-state index contributed by atoms with van der Waals surface area (Å²) in [5.41, 5.74) is 1.43. The van der Waals surface area contributed by atoms with Crippen molar-refractivity contribution in [3.63, 3.8) is 0 Å². The maximum atomic E-state index is 9.71. The molecule has 1 fully saturated rings. The van der Waals surface area contributed by atoms with Crippen molar-refractivity contribution in [2.75, 3.05) is 11.9 Å². The summed E-state index contributed by atoms with van der Waals surface area (Å²) in [6, 6.07) is 10.2. The lowest BCUT2D eigenvalue weighted by atomic mass is 9.69. The molecule has 1 aromatic carbocycles. The van der Waals surface area contributed by atoms with Gasteiger partial charge in [0.1, 0.15) is 0 Å². The first-order valence-electron chi connectivity index (χ1n) is 6.49. The molecular formula is C15H23NO. The van der Waals surface area contributed by atoms with Crippen LogP contribution < -0.4 is 5.32 Å². The highest BCUT2D eigenvalue weighted by molar-refractivity contribution is 5.45. The Morgan fingerprint density at radius 2 is 1.65 bits per heavy atom. The zero-order chi connectivity index (χ0) is 12.4. The van der Waals surface area contributed by atoms with Gasteiger partial charge in [0.25, 0.3) is 0 Å². The van der Waals surface area contributed by atoms with Crippen molar-refractivity contribution in [3.05, 3.63) is 30.3 Å². The third-order valence-corrected chi connectivity index (χ3v) is 4.05. The van der Waals surface area contributed by atoms with E-state index >= 15 is 0 Å². The van der Waals surface area contributed by atoms with E-state index in [2.05, 4.69) is 31.3 Å². The lowest BCUT2D eigenvalue weighted by molar-refractivity contribution is 0.118. The van der Waals surface area contributed by atoms with Gasteiger partial charge in [-0.05, 0) is 43.2 Å². The van der Waals surface area contributed by atoms with Crippen LogP contribution in [-0.2, 0) is 0 Å². The Bertz CT molecular complexity index is 348. The number of anilines is 1. The molecule has 2 rings (SSSR count). The van der Waals surface area contributed by atoms with Crippen LogP contribution in [0.3, 0.4) is 0 Å². The normalized spacial score (nSPS) is 22.1. The van der Waals surface area contributed by atoms with Crippen LogP contribution in [-0.4, -0.2) is 17.3 Å². The van der Waals surface area contributed by atoms with Crippen molar-refractivity contribution in [3.8, 4) is 0 Å². The Kier molecular flexibility index (Phi) is 3.43. The summed E-state index contributed by atoms with van der Waals surface area (Å²) < 4.78 is 0. The van der Waals surface area contributed by atoms with E-state index in [4.69, 9.17) is 0 Å². The molecule has 94 valence electrons. The Labute approximate surface area is 104 Å². The smallest absolute Gasteiger partial charge is 0.0661 e. The summed E-state index contributed by atoms with van der Waals surface area (Å²) in [6.45, 7) is 4.85. The van der Waals surface area contributed by atoms with E-state index in [1.807, 2.05) is 18.2 Å². The topological polar surface area (TPSA) is 32.3 Å². The number of aliphatic hydroxyl groups is 1. The van der Waals surface area contributed by atoms with Crippen molar-refractivity contribution in [2.24, 2.45) is 5.41 Å². The zero-order valence-electron chi connectivity index (χ0n) is 10.9. The summed E-state index contributed by atoms with van der Waals surface area (Å²) in [4.78, 5) is 0. The van der Waals surface area contributed by atoms with Gasteiger partial charge in [0.05, 0.1) is 12.1 Å². The van der Waals surface area contributed by atoms with Crippen LogP contribution in [0.5, 0.6) is 0 Å². The first kappa shape index (κ1) is 12.4. The average molecular weight is 233 g/mol. The SMILES string of the molecule is CC1(C)CCC(CO)(Nc2ccccc2)CC1. The Morgan fingerprint density at radius 1 is 1.06 bits per heavy atom.